The summed E-state index contributed by atoms with van der Waals surface area (Å²) < 4.78 is 17.8. The van der Waals surface area contributed by atoms with Gasteiger partial charge in [0.25, 0.3) is 5.91 Å². The van der Waals surface area contributed by atoms with E-state index in [-0.39, 0.29) is 18.2 Å². The summed E-state index contributed by atoms with van der Waals surface area (Å²) >= 11 is 0. The van der Waals surface area contributed by atoms with E-state index < -0.39 is 11.8 Å². The van der Waals surface area contributed by atoms with Gasteiger partial charge in [-0.1, -0.05) is 0 Å². The molecule has 0 atom stereocenters. The van der Waals surface area contributed by atoms with Gasteiger partial charge in [0.15, 0.2) is 0 Å². The Bertz CT molecular complexity index is 522. The zero-order valence-electron chi connectivity index (χ0n) is 9.12. The second-order valence-electron chi connectivity index (χ2n) is 3.45. The Kier molecular flexibility index (Phi) is 2.91. The number of nitrogens with one attached hydrogen (secondary N) is 1. The van der Waals surface area contributed by atoms with Crippen molar-refractivity contribution in [2.45, 2.75) is 6.92 Å². The number of fused-ring (bicyclic) bond motifs is 1. The van der Waals surface area contributed by atoms with Gasteiger partial charge in [0, 0.05) is 17.2 Å². The number of hydrogen-bond acceptors (Lipinski definition) is 3. The van der Waals surface area contributed by atoms with Gasteiger partial charge in [-0.05, 0) is 25.1 Å². The van der Waals surface area contributed by atoms with E-state index in [4.69, 9.17) is 4.74 Å². The van der Waals surface area contributed by atoms with Crippen LogP contribution in [-0.2, 0) is 9.53 Å². The number of ether oxygens (including phenoxy) is 1. The highest BCUT2D eigenvalue weighted by Gasteiger charge is 2.24. The molecule has 0 radical (unpaired) electrons. The first-order chi connectivity index (χ1) is 8.11. The fraction of sp³-hybridized carbons (Fsp3) is 0.167. The standard InChI is InChI=1S/C12H10FNO3/c1-2-17-11(15)6-10-9-5-7(13)3-4-8(9)12(16)14-10/h3-6H,2H2,1H3,(H,14,16)/b10-6+. The maximum Gasteiger partial charge on any atom is 0.332 e. The van der Waals surface area contributed by atoms with Crippen molar-refractivity contribution in [3.63, 3.8) is 0 Å². The number of amides is 1. The van der Waals surface area contributed by atoms with Crippen LogP contribution in [0.2, 0.25) is 0 Å². The lowest BCUT2D eigenvalue weighted by Gasteiger charge is -2.00. The summed E-state index contributed by atoms with van der Waals surface area (Å²) in [6.07, 6.45) is 1.15. The molecule has 0 spiro atoms. The monoisotopic (exact) mass is 235 g/mol. The predicted molar refractivity (Wildman–Crippen MR) is 58.5 cm³/mol. The molecule has 0 aliphatic carbocycles. The van der Waals surface area contributed by atoms with E-state index in [1.807, 2.05) is 0 Å². The molecule has 1 N–H and O–H groups in total. The van der Waals surface area contributed by atoms with E-state index in [9.17, 15) is 14.0 Å². The molecule has 1 aliphatic rings. The fourth-order valence-corrected chi connectivity index (χ4v) is 1.61. The Morgan fingerprint density at radius 1 is 1.47 bits per heavy atom. The molecule has 4 nitrogen and oxygen atoms in total. The Labute approximate surface area is 97.1 Å². The van der Waals surface area contributed by atoms with Crippen molar-refractivity contribution < 1.29 is 18.7 Å². The van der Waals surface area contributed by atoms with Crippen LogP contribution in [0.3, 0.4) is 0 Å². The second kappa shape index (κ2) is 4.37. The van der Waals surface area contributed by atoms with Crippen LogP contribution in [0.4, 0.5) is 4.39 Å². The molecule has 0 bridgehead atoms. The van der Waals surface area contributed by atoms with Crippen LogP contribution in [0.5, 0.6) is 0 Å². The van der Waals surface area contributed by atoms with E-state index in [0.29, 0.717) is 11.1 Å². The Hall–Kier alpha value is -2.17. The molecule has 5 heteroatoms. The van der Waals surface area contributed by atoms with Crippen molar-refractivity contribution in [1.29, 1.82) is 0 Å². The third-order valence-corrected chi connectivity index (χ3v) is 2.31. The SMILES string of the molecule is CCOC(=O)/C=C1/NC(=O)c2ccc(F)cc21. The van der Waals surface area contributed by atoms with Gasteiger partial charge in [-0.2, -0.15) is 0 Å². The first kappa shape index (κ1) is 11.3. The molecule has 88 valence electrons. The van der Waals surface area contributed by atoms with Gasteiger partial charge in [-0.25, -0.2) is 9.18 Å². The molecular weight excluding hydrogens is 225 g/mol. The van der Waals surface area contributed by atoms with Gasteiger partial charge >= 0.3 is 5.97 Å². The van der Waals surface area contributed by atoms with E-state index >= 15 is 0 Å². The summed E-state index contributed by atoms with van der Waals surface area (Å²) in [5.41, 5.74) is 0.993. The van der Waals surface area contributed by atoms with Crippen molar-refractivity contribution in [2.24, 2.45) is 0 Å². The quantitative estimate of drug-likeness (QED) is 0.624. The lowest BCUT2D eigenvalue weighted by molar-refractivity contribution is -0.137. The highest BCUT2D eigenvalue weighted by Crippen LogP contribution is 2.25. The molecular formula is C12H10FNO3. The molecule has 0 fully saturated rings. The lowest BCUT2D eigenvalue weighted by Crippen LogP contribution is -2.13. The Morgan fingerprint density at radius 3 is 2.94 bits per heavy atom. The van der Waals surface area contributed by atoms with Crippen LogP contribution >= 0.6 is 0 Å². The summed E-state index contributed by atoms with van der Waals surface area (Å²) in [5.74, 6) is -1.38. The van der Waals surface area contributed by atoms with Crippen LogP contribution in [0.25, 0.3) is 5.70 Å². The highest BCUT2D eigenvalue weighted by molar-refractivity contribution is 6.11. The molecule has 1 heterocycles. The topological polar surface area (TPSA) is 55.4 Å². The van der Waals surface area contributed by atoms with Gasteiger partial charge in [-0.3, -0.25) is 4.79 Å². The average Bonchev–Trinajstić information content (AvgIpc) is 2.55. The number of hydrogen-bond donors (Lipinski definition) is 1. The largest absolute Gasteiger partial charge is 0.463 e. The molecule has 0 saturated heterocycles. The van der Waals surface area contributed by atoms with Crippen LogP contribution in [-0.4, -0.2) is 18.5 Å². The molecule has 0 unspecified atom stereocenters. The van der Waals surface area contributed by atoms with Gasteiger partial charge in [0.05, 0.1) is 12.3 Å². The molecule has 1 aromatic rings. The number of benzene rings is 1. The molecule has 2 rings (SSSR count). The van der Waals surface area contributed by atoms with Crippen LogP contribution in [0, 0.1) is 5.82 Å². The smallest absolute Gasteiger partial charge is 0.332 e. The van der Waals surface area contributed by atoms with Crippen LogP contribution < -0.4 is 5.32 Å². The maximum atomic E-state index is 13.1. The predicted octanol–water partition coefficient (Wildman–Crippen LogP) is 1.47. The summed E-state index contributed by atoms with van der Waals surface area (Å²) in [5, 5.41) is 2.49. The second-order valence-corrected chi connectivity index (χ2v) is 3.45. The van der Waals surface area contributed by atoms with Gasteiger partial charge in [-0.15, -0.1) is 0 Å². The van der Waals surface area contributed by atoms with E-state index in [1.54, 1.807) is 6.92 Å². The summed E-state index contributed by atoms with van der Waals surface area (Å²) in [6.45, 7) is 1.92. The van der Waals surface area contributed by atoms with Crippen molar-refractivity contribution in [1.82, 2.24) is 5.32 Å². The summed E-state index contributed by atoms with van der Waals surface area (Å²) in [4.78, 5) is 22.8. The zero-order chi connectivity index (χ0) is 12.4. The molecule has 1 aliphatic heterocycles. The third-order valence-electron chi connectivity index (χ3n) is 2.31. The Morgan fingerprint density at radius 2 is 2.24 bits per heavy atom. The molecule has 0 aromatic heterocycles. The number of esters is 1. The maximum absolute atomic E-state index is 13.1. The third kappa shape index (κ3) is 2.18. The fourth-order valence-electron chi connectivity index (χ4n) is 1.61. The van der Waals surface area contributed by atoms with Gasteiger partial charge in [0.2, 0.25) is 0 Å². The number of carbonyl (C=O) groups is 2. The number of rotatable bonds is 2. The molecule has 1 amide bonds. The minimum atomic E-state index is -0.570. The summed E-state index contributed by atoms with van der Waals surface area (Å²) in [7, 11) is 0. The lowest BCUT2D eigenvalue weighted by atomic mass is 10.1. The highest BCUT2D eigenvalue weighted by atomic mass is 19.1. The average molecular weight is 235 g/mol. The van der Waals surface area contributed by atoms with Crippen molar-refractivity contribution in [3.8, 4) is 0 Å². The van der Waals surface area contributed by atoms with Crippen LogP contribution in [0.15, 0.2) is 24.3 Å². The van der Waals surface area contributed by atoms with Crippen molar-refractivity contribution in [3.05, 3.63) is 41.2 Å². The van der Waals surface area contributed by atoms with Gasteiger partial charge < -0.3 is 10.1 Å². The first-order valence-electron chi connectivity index (χ1n) is 5.11. The number of halogens is 1. The molecule has 17 heavy (non-hydrogen) atoms. The minimum absolute atomic E-state index is 0.243. The normalized spacial score (nSPS) is 15.6. The zero-order valence-corrected chi connectivity index (χ0v) is 9.12. The van der Waals surface area contributed by atoms with Crippen molar-refractivity contribution in [2.75, 3.05) is 6.61 Å². The number of carbonyl (C=O) groups excluding carboxylic acids is 2. The minimum Gasteiger partial charge on any atom is -0.463 e. The van der Waals surface area contributed by atoms with Crippen LogP contribution in [0.1, 0.15) is 22.8 Å². The first-order valence-corrected chi connectivity index (χ1v) is 5.11. The van der Waals surface area contributed by atoms with E-state index in [0.717, 1.165) is 6.08 Å². The Balaban J connectivity index is 2.39. The molecule has 1 aromatic carbocycles. The summed E-state index contributed by atoms with van der Waals surface area (Å²) in [6, 6.07) is 3.79. The molecule has 0 saturated carbocycles. The van der Waals surface area contributed by atoms with E-state index in [1.165, 1.54) is 18.2 Å². The van der Waals surface area contributed by atoms with Gasteiger partial charge in [0.1, 0.15) is 5.82 Å². The van der Waals surface area contributed by atoms with E-state index in [2.05, 4.69) is 5.32 Å². The van der Waals surface area contributed by atoms with Crippen molar-refractivity contribution >= 4 is 17.6 Å².